The van der Waals surface area contributed by atoms with Crippen LogP contribution in [0.4, 0.5) is 17.6 Å². The highest BCUT2D eigenvalue weighted by molar-refractivity contribution is 8.00. The Kier molecular flexibility index (Phi) is 7.16. The predicted molar refractivity (Wildman–Crippen MR) is 148 cm³/mol. The maximum Gasteiger partial charge on any atom is 0.446 e. The van der Waals surface area contributed by atoms with E-state index in [1.807, 2.05) is 0 Å². The number of carbonyl (C=O) groups is 2. The summed E-state index contributed by atoms with van der Waals surface area (Å²) in [4.78, 5) is 26.4. The van der Waals surface area contributed by atoms with Crippen LogP contribution in [0.2, 0.25) is 0 Å². The molecule has 7 rings (SSSR count). The topological polar surface area (TPSA) is 95.9 Å². The number of amides is 1. The summed E-state index contributed by atoms with van der Waals surface area (Å²) in [5.41, 5.74) is -5.51. The van der Waals surface area contributed by atoms with Gasteiger partial charge in [-0.15, -0.1) is 0 Å². The first-order valence-electron chi connectivity index (χ1n) is 13.8. The van der Waals surface area contributed by atoms with Gasteiger partial charge in [0.05, 0.1) is 11.2 Å². The number of carboxylic acids is 1. The van der Waals surface area contributed by atoms with E-state index in [1.165, 1.54) is 48.5 Å². The summed E-state index contributed by atoms with van der Waals surface area (Å²) in [5.74, 6) is -1.81. The van der Waals surface area contributed by atoms with Crippen molar-refractivity contribution in [2.24, 2.45) is 17.3 Å². The molecule has 1 amide bonds. The molecule has 3 aromatic rings. The summed E-state index contributed by atoms with van der Waals surface area (Å²) in [6.07, 6.45) is 3.81. The Bertz CT molecular complexity index is 1530. The Balaban J connectivity index is 1.29. The van der Waals surface area contributed by atoms with Crippen LogP contribution in [0, 0.1) is 23.1 Å². The largest absolute Gasteiger partial charge is 0.487 e. The maximum absolute atomic E-state index is 14.0. The monoisotopic (exact) mass is 603 g/mol. The number of hydrogen-bond acceptors (Lipinski definition) is 5. The van der Waals surface area contributed by atoms with Gasteiger partial charge in [-0.3, -0.25) is 4.79 Å². The zero-order valence-electron chi connectivity index (χ0n) is 22.4. The fourth-order valence-corrected chi connectivity index (χ4v) is 8.40. The van der Waals surface area contributed by atoms with Gasteiger partial charge >= 0.3 is 11.5 Å². The molecule has 0 radical (unpaired) electrons. The van der Waals surface area contributed by atoms with Gasteiger partial charge in [0.25, 0.3) is 5.91 Å². The first-order valence-corrected chi connectivity index (χ1v) is 14.6. The van der Waals surface area contributed by atoms with Crippen LogP contribution in [0.25, 0.3) is 10.8 Å². The van der Waals surface area contributed by atoms with Gasteiger partial charge in [0, 0.05) is 15.7 Å². The smallest absolute Gasteiger partial charge is 0.446 e. The molecule has 11 heteroatoms. The number of halogens is 4. The molecule has 3 aromatic carbocycles. The SMILES string of the molecule is O=C(N[C@H](C(=O)O)C12C[C@@H]3C[C@@H](CC(O)(C3)C1)C2)c1ccc2cc(F)ccc2c1OCc1ccc(SC(F)(F)F)cc1. The van der Waals surface area contributed by atoms with Gasteiger partial charge in [-0.2, -0.15) is 13.2 Å². The molecule has 3 N–H and O–H groups in total. The van der Waals surface area contributed by atoms with Crippen molar-refractivity contribution in [2.45, 2.75) is 67.2 Å². The number of nitrogens with one attached hydrogen (secondary N) is 1. The minimum Gasteiger partial charge on any atom is -0.487 e. The second-order valence-electron chi connectivity index (χ2n) is 12.1. The van der Waals surface area contributed by atoms with Gasteiger partial charge < -0.3 is 20.3 Å². The van der Waals surface area contributed by atoms with Gasteiger partial charge in [-0.05, 0) is 109 Å². The van der Waals surface area contributed by atoms with Crippen molar-refractivity contribution in [3.63, 3.8) is 0 Å². The van der Waals surface area contributed by atoms with E-state index >= 15 is 0 Å². The number of aliphatic carboxylic acids is 1. The minimum absolute atomic E-state index is 0.0148. The summed E-state index contributed by atoms with van der Waals surface area (Å²) in [6, 6.07) is 11.3. The molecule has 4 fully saturated rings. The molecule has 6 nitrogen and oxygen atoms in total. The number of hydrogen-bond donors (Lipinski definition) is 3. The van der Waals surface area contributed by atoms with E-state index < -0.39 is 40.3 Å². The summed E-state index contributed by atoms with van der Waals surface area (Å²) in [5, 5.41) is 25.1. The fraction of sp³-hybridized carbons (Fsp3) is 0.419. The molecule has 0 aliphatic heterocycles. The van der Waals surface area contributed by atoms with E-state index in [2.05, 4.69) is 5.32 Å². The van der Waals surface area contributed by atoms with Gasteiger partial charge in [-0.1, -0.05) is 18.2 Å². The maximum atomic E-state index is 14.0. The Labute approximate surface area is 243 Å². The lowest BCUT2D eigenvalue weighted by atomic mass is 9.46. The molecule has 42 heavy (non-hydrogen) atoms. The van der Waals surface area contributed by atoms with Crippen molar-refractivity contribution < 1.29 is 42.1 Å². The number of rotatable bonds is 8. The number of carboxylic acid groups (broad SMARTS) is 1. The summed E-state index contributed by atoms with van der Waals surface area (Å²) in [6.45, 7) is -0.101. The van der Waals surface area contributed by atoms with E-state index in [0.29, 0.717) is 48.4 Å². The van der Waals surface area contributed by atoms with E-state index in [4.69, 9.17) is 4.74 Å². The van der Waals surface area contributed by atoms with Crippen molar-refractivity contribution >= 4 is 34.4 Å². The Morgan fingerprint density at radius 1 is 1.02 bits per heavy atom. The lowest BCUT2D eigenvalue weighted by molar-refractivity contribution is -0.181. The van der Waals surface area contributed by atoms with Gasteiger partial charge in [-0.25, -0.2) is 9.18 Å². The van der Waals surface area contributed by atoms with Crippen LogP contribution in [0.3, 0.4) is 0 Å². The average Bonchev–Trinajstić information content (AvgIpc) is 2.88. The molecule has 4 saturated carbocycles. The van der Waals surface area contributed by atoms with Crippen molar-refractivity contribution in [3.05, 3.63) is 71.5 Å². The quantitative estimate of drug-likeness (QED) is 0.196. The van der Waals surface area contributed by atoms with Crippen molar-refractivity contribution in [1.82, 2.24) is 5.32 Å². The normalized spacial score (nSPS) is 27.2. The number of thioether (sulfide) groups is 1. The first-order chi connectivity index (χ1) is 19.8. The number of aliphatic hydroxyl groups is 1. The van der Waals surface area contributed by atoms with E-state index in [-0.39, 0.29) is 46.4 Å². The molecule has 0 saturated heterocycles. The zero-order valence-corrected chi connectivity index (χ0v) is 23.2. The van der Waals surface area contributed by atoms with Crippen molar-refractivity contribution in [1.29, 1.82) is 0 Å². The van der Waals surface area contributed by atoms with Crippen LogP contribution in [0.5, 0.6) is 5.75 Å². The van der Waals surface area contributed by atoms with Crippen LogP contribution in [-0.2, 0) is 11.4 Å². The Morgan fingerprint density at radius 3 is 2.33 bits per heavy atom. The molecule has 0 heterocycles. The van der Waals surface area contributed by atoms with Crippen molar-refractivity contribution in [3.8, 4) is 5.75 Å². The molecule has 222 valence electrons. The summed E-state index contributed by atoms with van der Waals surface area (Å²) in [7, 11) is 0. The second kappa shape index (κ2) is 10.4. The van der Waals surface area contributed by atoms with E-state index in [1.54, 1.807) is 6.07 Å². The standard InChI is InChI=1S/C31H29F4NO5S/c32-21-4-8-23-20(10-21)3-7-24(25(23)41-15-17-1-5-22(6-2-17)42-31(33,34)35)27(37)36-26(28(38)39)29-11-18-9-19(12-29)14-30(40,13-18)16-29/h1-8,10,18-19,26,40H,9,11-16H2,(H,36,37)(H,38,39)/t18-,19+,26-,29?,30?/m1/s1. The molecule has 5 atom stereocenters. The molecular weight excluding hydrogens is 574 g/mol. The highest BCUT2D eigenvalue weighted by Crippen LogP contribution is 2.62. The number of alkyl halides is 3. The highest BCUT2D eigenvalue weighted by atomic mass is 32.2. The van der Waals surface area contributed by atoms with E-state index in [0.717, 1.165) is 6.42 Å². The molecule has 0 aromatic heterocycles. The predicted octanol–water partition coefficient (Wildman–Crippen LogP) is 6.68. The van der Waals surface area contributed by atoms with E-state index in [9.17, 15) is 37.4 Å². The number of carbonyl (C=O) groups excluding carboxylic acids is 1. The van der Waals surface area contributed by atoms with Gasteiger partial charge in [0.1, 0.15) is 24.2 Å². The third-order valence-corrected chi connectivity index (χ3v) is 9.67. The number of ether oxygens (including phenoxy) is 1. The first kappa shape index (κ1) is 28.8. The third kappa shape index (κ3) is 5.68. The molecular formula is C31H29F4NO5S. The Hall–Kier alpha value is -3.31. The fourth-order valence-electron chi connectivity index (χ4n) is 7.86. The molecule has 4 aliphatic rings. The van der Waals surface area contributed by atoms with Crippen LogP contribution in [0.1, 0.15) is 54.4 Å². The Morgan fingerprint density at radius 2 is 1.71 bits per heavy atom. The zero-order chi connectivity index (χ0) is 29.9. The number of benzene rings is 3. The number of fused-ring (bicyclic) bond motifs is 1. The molecule has 4 aliphatic carbocycles. The highest BCUT2D eigenvalue weighted by Gasteiger charge is 2.61. The summed E-state index contributed by atoms with van der Waals surface area (Å²) < 4.78 is 58.1. The molecule has 4 bridgehead atoms. The second-order valence-corrected chi connectivity index (χ2v) is 13.2. The van der Waals surface area contributed by atoms with Crippen LogP contribution < -0.4 is 10.1 Å². The van der Waals surface area contributed by atoms with Gasteiger partial charge in [0.2, 0.25) is 0 Å². The van der Waals surface area contributed by atoms with Crippen molar-refractivity contribution in [2.75, 3.05) is 0 Å². The van der Waals surface area contributed by atoms with Gasteiger partial charge in [0.15, 0.2) is 0 Å². The van der Waals surface area contributed by atoms with Crippen LogP contribution in [0.15, 0.2) is 59.5 Å². The molecule has 0 spiro atoms. The van der Waals surface area contributed by atoms with Crippen LogP contribution >= 0.6 is 11.8 Å². The summed E-state index contributed by atoms with van der Waals surface area (Å²) >= 11 is -0.232. The lowest BCUT2D eigenvalue weighted by Crippen LogP contribution is -2.64. The molecule has 2 unspecified atom stereocenters. The van der Waals surface area contributed by atoms with Crippen LogP contribution in [-0.4, -0.2) is 39.2 Å². The third-order valence-electron chi connectivity index (χ3n) is 8.93. The average molecular weight is 604 g/mol. The minimum atomic E-state index is -4.42. The lowest BCUT2D eigenvalue weighted by Gasteiger charge is -2.61.